The summed E-state index contributed by atoms with van der Waals surface area (Å²) in [5.74, 6) is 0.00533. The number of nitrogens with two attached hydrogens (primary N) is 1. The molecule has 4 nitrogen and oxygen atoms in total. The van der Waals surface area contributed by atoms with Crippen molar-refractivity contribution in [2.75, 3.05) is 17.7 Å². The van der Waals surface area contributed by atoms with E-state index in [2.05, 4.69) is 5.32 Å². The highest BCUT2D eigenvalue weighted by atomic mass is 16.2. The maximum Gasteiger partial charge on any atom is 0.242 e. The molecule has 0 saturated heterocycles. The summed E-state index contributed by atoms with van der Waals surface area (Å²) in [6.07, 6.45) is 0. The van der Waals surface area contributed by atoms with E-state index in [1.165, 1.54) is 0 Å². The molecule has 0 fully saturated rings. The highest BCUT2D eigenvalue weighted by Gasteiger charge is 2.19. The molecule has 0 radical (unpaired) electrons. The Morgan fingerprint density at radius 2 is 1.88 bits per heavy atom. The number of likely N-dealkylation sites (N-methyl/N-ethyl adjacent to an activating group) is 1. The van der Waals surface area contributed by atoms with Gasteiger partial charge in [0.15, 0.2) is 0 Å². The number of nitrogens with zero attached hydrogens (tertiary/aromatic N) is 1. The van der Waals surface area contributed by atoms with Crippen molar-refractivity contribution in [1.82, 2.24) is 5.32 Å². The molecule has 0 aliphatic rings. The quantitative estimate of drug-likeness (QED) is 0.780. The van der Waals surface area contributed by atoms with Crippen LogP contribution in [0.2, 0.25) is 0 Å². The second-order valence-electron chi connectivity index (χ2n) is 4.51. The van der Waals surface area contributed by atoms with E-state index in [1.807, 2.05) is 57.0 Å². The number of amides is 1. The van der Waals surface area contributed by atoms with Crippen LogP contribution in [0.25, 0.3) is 0 Å². The molecule has 1 aromatic rings. The Labute approximate surface area is 103 Å². The number of carbonyl (C=O) groups is 1. The fourth-order valence-electron chi connectivity index (χ4n) is 1.60. The van der Waals surface area contributed by atoms with Crippen LogP contribution in [0.5, 0.6) is 0 Å². The second kappa shape index (κ2) is 5.57. The molecule has 0 saturated carbocycles. The van der Waals surface area contributed by atoms with E-state index in [1.54, 1.807) is 0 Å². The van der Waals surface area contributed by atoms with E-state index >= 15 is 0 Å². The SMILES string of the molecule is CC(C)NC(=O)C(C)N(C)c1ccccc1N. The number of nitrogen functional groups attached to an aromatic ring is 1. The maximum absolute atomic E-state index is 11.9. The molecule has 1 atom stereocenters. The van der Waals surface area contributed by atoms with Crippen LogP contribution in [0.4, 0.5) is 11.4 Å². The molecule has 0 heterocycles. The van der Waals surface area contributed by atoms with Gasteiger partial charge in [-0.15, -0.1) is 0 Å². The monoisotopic (exact) mass is 235 g/mol. The Morgan fingerprint density at radius 3 is 2.41 bits per heavy atom. The number of rotatable bonds is 4. The fraction of sp³-hybridized carbons (Fsp3) is 0.462. The number of carbonyl (C=O) groups excluding carboxylic acids is 1. The zero-order chi connectivity index (χ0) is 13.0. The number of hydrogen-bond donors (Lipinski definition) is 2. The van der Waals surface area contributed by atoms with Gasteiger partial charge < -0.3 is 16.0 Å². The molecule has 94 valence electrons. The van der Waals surface area contributed by atoms with E-state index in [4.69, 9.17) is 5.73 Å². The van der Waals surface area contributed by atoms with Crippen LogP contribution in [0.15, 0.2) is 24.3 Å². The maximum atomic E-state index is 11.9. The van der Waals surface area contributed by atoms with Crippen molar-refractivity contribution in [1.29, 1.82) is 0 Å². The summed E-state index contributed by atoms with van der Waals surface area (Å²) >= 11 is 0. The third-order valence-corrected chi connectivity index (χ3v) is 2.71. The first kappa shape index (κ1) is 13.4. The van der Waals surface area contributed by atoms with Crippen molar-refractivity contribution in [3.8, 4) is 0 Å². The number of nitrogens with one attached hydrogen (secondary N) is 1. The van der Waals surface area contributed by atoms with E-state index in [0.29, 0.717) is 5.69 Å². The summed E-state index contributed by atoms with van der Waals surface area (Å²) < 4.78 is 0. The van der Waals surface area contributed by atoms with Gasteiger partial charge in [-0.25, -0.2) is 0 Å². The smallest absolute Gasteiger partial charge is 0.242 e. The van der Waals surface area contributed by atoms with Crippen molar-refractivity contribution < 1.29 is 4.79 Å². The molecule has 1 amide bonds. The van der Waals surface area contributed by atoms with Crippen molar-refractivity contribution in [2.24, 2.45) is 0 Å². The topological polar surface area (TPSA) is 58.4 Å². The van der Waals surface area contributed by atoms with E-state index in [9.17, 15) is 4.79 Å². The van der Waals surface area contributed by atoms with Gasteiger partial charge in [0.1, 0.15) is 6.04 Å². The molecule has 3 N–H and O–H groups in total. The van der Waals surface area contributed by atoms with Crippen LogP contribution >= 0.6 is 0 Å². The van der Waals surface area contributed by atoms with Crippen LogP contribution in [0, 0.1) is 0 Å². The van der Waals surface area contributed by atoms with Crippen LogP contribution < -0.4 is 16.0 Å². The lowest BCUT2D eigenvalue weighted by molar-refractivity contribution is -0.122. The fourth-order valence-corrected chi connectivity index (χ4v) is 1.60. The molecule has 0 aliphatic heterocycles. The van der Waals surface area contributed by atoms with Crippen molar-refractivity contribution in [3.05, 3.63) is 24.3 Å². The van der Waals surface area contributed by atoms with Crippen LogP contribution in [-0.2, 0) is 4.79 Å². The van der Waals surface area contributed by atoms with Gasteiger partial charge in [0.2, 0.25) is 5.91 Å². The summed E-state index contributed by atoms with van der Waals surface area (Å²) in [4.78, 5) is 13.8. The average molecular weight is 235 g/mol. The minimum absolute atomic E-state index is 0.00533. The Hall–Kier alpha value is -1.71. The third-order valence-electron chi connectivity index (χ3n) is 2.71. The van der Waals surface area contributed by atoms with Crippen LogP contribution in [0.1, 0.15) is 20.8 Å². The van der Waals surface area contributed by atoms with Gasteiger partial charge in [0.05, 0.1) is 11.4 Å². The molecular formula is C13H21N3O. The molecule has 0 aromatic heterocycles. The zero-order valence-corrected chi connectivity index (χ0v) is 10.9. The first-order valence-electron chi connectivity index (χ1n) is 5.81. The summed E-state index contributed by atoms with van der Waals surface area (Å²) in [7, 11) is 1.87. The van der Waals surface area contributed by atoms with Gasteiger partial charge in [0, 0.05) is 13.1 Å². The van der Waals surface area contributed by atoms with Crippen LogP contribution in [-0.4, -0.2) is 25.0 Å². The Bertz CT molecular complexity index is 390. The second-order valence-corrected chi connectivity index (χ2v) is 4.51. The van der Waals surface area contributed by atoms with Gasteiger partial charge in [-0.3, -0.25) is 4.79 Å². The third kappa shape index (κ3) is 3.37. The molecule has 17 heavy (non-hydrogen) atoms. The standard InChI is InChI=1S/C13H21N3O/c1-9(2)15-13(17)10(3)16(4)12-8-6-5-7-11(12)14/h5-10H,14H2,1-4H3,(H,15,17). The number of benzene rings is 1. The van der Waals surface area contributed by atoms with Gasteiger partial charge in [-0.2, -0.15) is 0 Å². The number of hydrogen-bond acceptors (Lipinski definition) is 3. The predicted molar refractivity (Wildman–Crippen MR) is 72.0 cm³/mol. The van der Waals surface area contributed by atoms with Gasteiger partial charge in [-0.1, -0.05) is 12.1 Å². The highest BCUT2D eigenvalue weighted by molar-refractivity contribution is 5.86. The largest absolute Gasteiger partial charge is 0.397 e. The highest BCUT2D eigenvalue weighted by Crippen LogP contribution is 2.22. The zero-order valence-electron chi connectivity index (χ0n) is 10.9. The minimum atomic E-state index is -0.248. The van der Waals surface area contributed by atoms with Gasteiger partial charge >= 0.3 is 0 Å². The Morgan fingerprint density at radius 1 is 1.29 bits per heavy atom. The summed E-state index contributed by atoms with van der Waals surface area (Å²) in [6, 6.07) is 7.43. The lowest BCUT2D eigenvalue weighted by Gasteiger charge is -2.27. The van der Waals surface area contributed by atoms with Crippen molar-refractivity contribution in [3.63, 3.8) is 0 Å². The van der Waals surface area contributed by atoms with Crippen LogP contribution in [0.3, 0.4) is 0 Å². The molecule has 0 aliphatic carbocycles. The summed E-state index contributed by atoms with van der Waals surface area (Å²) in [5, 5.41) is 2.89. The van der Waals surface area contributed by atoms with Crippen molar-refractivity contribution >= 4 is 17.3 Å². The number of anilines is 2. The van der Waals surface area contributed by atoms with Gasteiger partial charge in [0.25, 0.3) is 0 Å². The number of para-hydroxylation sites is 2. The molecule has 1 rings (SSSR count). The van der Waals surface area contributed by atoms with Gasteiger partial charge in [-0.05, 0) is 32.9 Å². The Kier molecular flexibility index (Phi) is 4.37. The average Bonchev–Trinajstić information content (AvgIpc) is 2.27. The molecule has 0 bridgehead atoms. The molecule has 1 aromatic carbocycles. The molecule has 4 heteroatoms. The lowest BCUT2D eigenvalue weighted by Crippen LogP contribution is -2.45. The summed E-state index contributed by atoms with van der Waals surface area (Å²) in [5.41, 5.74) is 7.44. The Balaban J connectivity index is 2.80. The first-order valence-corrected chi connectivity index (χ1v) is 5.81. The predicted octanol–water partition coefficient (Wildman–Crippen LogP) is 1.62. The van der Waals surface area contributed by atoms with E-state index < -0.39 is 0 Å². The molecule has 0 spiro atoms. The normalized spacial score (nSPS) is 12.3. The van der Waals surface area contributed by atoms with Crippen molar-refractivity contribution in [2.45, 2.75) is 32.9 Å². The van der Waals surface area contributed by atoms with E-state index in [-0.39, 0.29) is 18.0 Å². The molecular weight excluding hydrogens is 214 g/mol. The minimum Gasteiger partial charge on any atom is -0.397 e. The van der Waals surface area contributed by atoms with E-state index in [0.717, 1.165) is 5.69 Å². The first-order chi connectivity index (χ1) is 7.93. The lowest BCUT2D eigenvalue weighted by atomic mass is 10.2. The summed E-state index contributed by atoms with van der Waals surface area (Å²) in [6.45, 7) is 5.76. The molecule has 1 unspecified atom stereocenters.